The molecule has 0 saturated heterocycles. The molecule has 2 aromatic rings. The van der Waals surface area contributed by atoms with Crippen molar-refractivity contribution in [3.05, 3.63) is 59.8 Å². The van der Waals surface area contributed by atoms with E-state index in [0.29, 0.717) is 0 Å². The lowest BCUT2D eigenvalue weighted by atomic mass is 10.0. The summed E-state index contributed by atoms with van der Waals surface area (Å²) in [4.78, 5) is 6.95. The van der Waals surface area contributed by atoms with Gasteiger partial charge in [0.25, 0.3) is 0 Å². The van der Waals surface area contributed by atoms with Crippen molar-refractivity contribution in [3.8, 4) is 0 Å². The SMILES string of the molecule is CCCCc1ccc(CCCN(CCCC)c2ccccn2)cc1. The fourth-order valence-electron chi connectivity index (χ4n) is 2.96. The molecular weight excluding hydrogens is 292 g/mol. The lowest BCUT2D eigenvalue weighted by Gasteiger charge is -2.23. The number of pyridine rings is 1. The lowest BCUT2D eigenvalue weighted by molar-refractivity contribution is 0.678. The van der Waals surface area contributed by atoms with Gasteiger partial charge in [-0.3, -0.25) is 0 Å². The molecule has 0 amide bonds. The van der Waals surface area contributed by atoms with Crippen molar-refractivity contribution in [1.29, 1.82) is 0 Å². The number of unbranched alkanes of at least 4 members (excludes halogenated alkanes) is 2. The lowest BCUT2D eigenvalue weighted by Crippen LogP contribution is -2.26. The molecule has 2 heteroatoms. The molecule has 130 valence electrons. The van der Waals surface area contributed by atoms with Crippen molar-refractivity contribution in [2.24, 2.45) is 0 Å². The normalized spacial score (nSPS) is 10.8. The van der Waals surface area contributed by atoms with Crippen molar-refractivity contribution in [1.82, 2.24) is 4.98 Å². The standard InChI is InChI=1S/C22H32N2/c1-3-5-10-20-13-15-21(16-14-20)11-9-19-24(18-6-4-2)22-12-7-8-17-23-22/h7-8,12-17H,3-6,9-11,18-19H2,1-2H3. The van der Waals surface area contributed by atoms with Crippen molar-refractivity contribution >= 4 is 5.82 Å². The third-order valence-corrected chi connectivity index (χ3v) is 4.49. The summed E-state index contributed by atoms with van der Waals surface area (Å²) in [6, 6.07) is 15.4. The molecule has 0 unspecified atom stereocenters. The van der Waals surface area contributed by atoms with Crippen molar-refractivity contribution in [2.45, 2.75) is 58.8 Å². The molecule has 0 radical (unpaired) electrons. The zero-order chi connectivity index (χ0) is 17.0. The van der Waals surface area contributed by atoms with Gasteiger partial charge in [-0.1, -0.05) is 57.0 Å². The smallest absolute Gasteiger partial charge is 0.128 e. The van der Waals surface area contributed by atoms with Crippen LogP contribution < -0.4 is 4.90 Å². The van der Waals surface area contributed by atoms with Crippen LogP contribution in [0, 0.1) is 0 Å². The number of hydrogen-bond donors (Lipinski definition) is 0. The van der Waals surface area contributed by atoms with Gasteiger partial charge in [0, 0.05) is 19.3 Å². The number of anilines is 1. The summed E-state index contributed by atoms with van der Waals surface area (Å²) in [5, 5.41) is 0. The van der Waals surface area contributed by atoms with Crippen LogP contribution in [-0.2, 0) is 12.8 Å². The number of hydrogen-bond acceptors (Lipinski definition) is 2. The minimum atomic E-state index is 1.08. The summed E-state index contributed by atoms with van der Waals surface area (Å²) in [5.74, 6) is 1.11. The maximum atomic E-state index is 4.52. The monoisotopic (exact) mass is 324 g/mol. The van der Waals surface area contributed by atoms with Gasteiger partial charge in [0.05, 0.1) is 0 Å². The van der Waals surface area contributed by atoms with Gasteiger partial charge in [-0.15, -0.1) is 0 Å². The summed E-state index contributed by atoms with van der Waals surface area (Å²) in [5.41, 5.74) is 2.92. The van der Waals surface area contributed by atoms with E-state index >= 15 is 0 Å². The van der Waals surface area contributed by atoms with Crippen LogP contribution in [0.25, 0.3) is 0 Å². The second-order valence-corrected chi connectivity index (χ2v) is 6.55. The van der Waals surface area contributed by atoms with E-state index in [1.54, 1.807) is 0 Å². The number of nitrogens with zero attached hydrogens (tertiary/aromatic N) is 2. The van der Waals surface area contributed by atoms with Gasteiger partial charge >= 0.3 is 0 Å². The number of benzene rings is 1. The van der Waals surface area contributed by atoms with Gasteiger partial charge < -0.3 is 4.90 Å². The summed E-state index contributed by atoms with van der Waals surface area (Å²) in [7, 11) is 0. The molecule has 0 atom stereocenters. The average Bonchev–Trinajstić information content (AvgIpc) is 2.64. The molecule has 0 aliphatic heterocycles. The fraction of sp³-hybridized carbons (Fsp3) is 0.500. The first-order valence-electron chi connectivity index (χ1n) is 9.57. The van der Waals surface area contributed by atoms with E-state index in [2.05, 4.69) is 60.1 Å². The van der Waals surface area contributed by atoms with Gasteiger partial charge in [-0.05, 0) is 55.4 Å². The minimum absolute atomic E-state index is 1.08. The van der Waals surface area contributed by atoms with Gasteiger partial charge in [0.1, 0.15) is 5.82 Å². The van der Waals surface area contributed by atoms with Crippen LogP contribution in [0.1, 0.15) is 57.1 Å². The van der Waals surface area contributed by atoms with E-state index in [0.717, 1.165) is 25.3 Å². The molecule has 24 heavy (non-hydrogen) atoms. The van der Waals surface area contributed by atoms with E-state index in [1.165, 1.54) is 49.7 Å². The van der Waals surface area contributed by atoms with E-state index in [1.807, 2.05) is 12.3 Å². The van der Waals surface area contributed by atoms with Crippen molar-refractivity contribution < 1.29 is 0 Å². The van der Waals surface area contributed by atoms with Crippen LogP contribution in [0.2, 0.25) is 0 Å². The Balaban J connectivity index is 1.83. The summed E-state index contributed by atoms with van der Waals surface area (Å²) >= 11 is 0. The molecule has 0 saturated carbocycles. The van der Waals surface area contributed by atoms with E-state index in [4.69, 9.17) is 0 Å². The predicted octanol–water partition coefficient (Wildman–Crippen LogP) is 5.66. The Morgan fingerprint density at radius 1 is 0.750 bits per heavy atom. The molecule has 0 fully saturated rings. The van der Waals surface area contributed by atoms with Gasteiger partial charge in [-0.25, -0.2) is 4.98 Å². The van der Waals surface area contributed by atoms with Gasteiger partial charge in [0.2, 0.25) is 0 Å². The molecule has 0 aliphatic carbocycles. The van der Waals surface area contributed by atoms with Crippen LogP contribution in [0.15, 0.2) is 48.7 Å². The molecule has 0 N–H and O–H groups in total. The largest absolute Gasteiger partial charge is 0.357 e. The molecule has 0 spiro atoms. The Kier molecular flexibility index (Phi) is 8.37. The fourth-order valence-corrected chi connectivity index (χ4v) is 2.96. The molecule has 2 rings (SSSR count). The summed E-state index contributed by atoms with van der Waals surface area (Å²) < 4.78 is 0. The molecule has 1 aromatic carbocycles. The highest BCUT2D eigenvalue weighted by Gasteiger charge is 2.06. The van der Waals surface area contributed by atoms with Crippen LogP contribution in [0.4, 0.5) is 5.82 Å². The van der Waals surface area contributed by atoms with Crippen LogP contribution in [0.5, 0.6) is 0 Å². The summed E-state index contributed by atoms with van der Waals surface area (Å²) in [6.45, 7) is 6.68. The van der Waals surface area contributed by atoms with Crippen LogP contribution >= 0.6 is 0 Å². The van der Waals surface area contributed by atoms with E-state index in [-0.39, 0.29) is 0 Å². The average molecular weight is 325 g/mol. The zero-order valence-corrected chi connectivity index (χ0v) is 15.4. The topological polar surface area (TPSA) is 16.1 Å². The van der Waals surface area contributed by atoms with Crippen LogP contribution in [0.3, 0.4) is 0 Å². The molecular formula is C22H32N2. The first-order chi connectivity index (χ1) is 11.8. The van der Waals surface area contributed by atoms with Crippen molar-refractivity contribution in [2.75, 3.05) is 18.0 Å². The highest BCUT2D eigenvalue weighted by atomic mass is 15.2. The van der Waals surface area contributed by atoms with Gasteiger partial charge in [-0.2, -0.15) is 0 Å². The number of aryl methyl sites for hydroxylation is 2. The second kappa shape index (κ2) is 10.9. The Labute approximate surface area is 147 Å². The molecule has 2 nitrogen and oxygen atoms in total. The Morgan fingerprint density at radius 3 is 1.96 bits per heavy atom. The zero-order valence-electron chi connectivity index (χ0n) is 15.4. The Hall–Kier alpha value is -1.83. The third-order valence-electron chi connectivity index (χ3n) is 4.49. The highest BCUT2D eigenvalue weighted by Crippen LogP contribution is 2.14. The summed E-state index contributed by atoms with van der Waals surface area (Å²) in [6.07, 6.45) is 10.4. The van der Waals surface area contributed by atoms with E-state index < -0.39 is 0 Å². The van der Waals surface area contributed by atoms with Crippen LogP contribution in [-0.4, -0.2) is 18.1 Å². The maximum absolute atomic E-state index is 4.52. The third kappa shape index (κ3) is 6.35. The Bertz CT molecular complexity index is 548. The second-order valence-electron chi connectivity index (χ2n) is 6.55. The minimum Gasteiger partial charge on any atom is -0.357 e. The first kappa shape index (κ1) is 18.5. The first-order valence-corrected chi connectivity index (χ1v) is 9.57. The number of aromatic nitrogens is 1. The predicted molar refractivity (Wildman–Crippen MR) is 105 cm³/mol. The molecule has 0 aliphatic rings. The van der Waals surface area contributed by atoms with E-state index in [9.17, 15) is 0 Å². The highest BCUT2D eigenvalue weighted by molar-refractivity contribution is 5.37. The molecule has 1 aromatic heterocycles. The van der Waals surface area contributed by atoms with Crippen molar-refractivity contribution in [3.63, 3.8) is 0 Å². The van der Waals surface area contributed by atoms with Gasteiger partial charge in [0.15, 0.2) is 0 Å². The quantitative estimate of drug-likeness (QED) is 0.530. The Morgan fingerprint density at radius 2 is 1.38 bits per heavy atom. The molecule has 0 bridgehead atoms. The maximum Gasteiger partial charge on any atom is 0.128 e. The molecule has 1 heterocycles. The number of rotatable bonds is 11.